The van der Waals surface area contributed by atoms with E-state index in [1.807, 2.05) is 0 Å². The highest BCUT2D eigenvalue weighted by atomic mass is 17.0. The Hall–Kier alpha value is -2.44. The van der Waals surface area contributed by atoms with Crippen molar-refractivity contribution in [2.75, 3.05) is 0 Å². The maximum Gasteiger partial charge on any atom is 0.484 e. The fourth-order valence-electron chi connectivity index (χ4n) is 0.873. The van der Waals surface area contributed by atoms with Gasteiger partial charge in [-0.1, -0.05) is 4.84 Å². The van der Waals surface area contributed by atoms with Crippen molar-refractivity contribution in [2.45, 2.75) is 0 Å². The van der Waals surface area contributed by atoms with Crippen molar-refractivity contribution in [1.29, 1.82) is 0 Å². The van der Waals surface area contributed by atoms with Crippen LogP contribution in [0.5, 0.6) is 0 Å². The predicted octanol–water partition coefficient (Wildman–Crippen LogP) is 0.625. The molecule has 7 nitrogen and oxygen atoms in total. The van der Waals surface area contributed by atoms with E-state index in [2.05, 4.69) is 4.84 Å². The Labute approximate surface area is 83.0 Å². The van der Waals surface area contributed by atoms with E-state index in [0.29, 0.717) is 0 Å². The molecule has 0 aliphatic carbocycles. The highest BCUT2D eigenvalue weighted by Crippen LogP contribution is 2.05. The first-order valence-electron chi connectivity index (χ1n) is 3.72. The number of benzene rings is 1. The summed E-state index contributed by atoms with van der Waals surface area (Å²) in [6.45, 7) is 0. The van der Waals surface area contributed by atoms with Gasteiger partial charge in [-0.15, -0.1) is 0 Å². The van der Waals surface area contributed by atoms with Gasteiger partial charge in [0.25, 0.3) is 0 Å². The molecule has 0 aromatic heterocycles. The number of rotatable bonds is 3. The van der Waals surface area contributed by atoms with Crippen LogP contribution in [0, 0.1) is 4.91 Å². The molecule has 0 amide bonds. The first-order valence-corrected chi connectivity index (χ1v) is 3.72. The van der Waals surface area contributed by atoms with Crippen LogP contribution in [0.2, 0.25) is 0 Å². The summed E-state index contributed by atoms with van der Waals surface area (Å²) in [5.74, 6) is -2.22. The van der Waals surface area contributed by atoms with E-state index in [4.69, 9.17) is 10.3 Å². The van der Waals surface area contributed by atoms with Crippen LogP contribution in [0.1, 0.15) is 20.7 Å². The van der Waals surface area contributed by atoms with Gasteiger partial charge in [0.1, 0.15) is 4.91 Å². The second kappa shape index (κ2) is 4.18. The number of carbonyl (C=O) groups excluding carboxylic acids is 1. The third-order valence-corrected chi connectivity index (χ3v) is 1.53. The monoisotopic (exact) mass is 212 g/mol. The molecule has 7 heteroatoms. The number of hydrogen-bond donors (Lipinski definition) is 2. The van der Waals surface area contributed by atoms with E-state index < -0.39 is 17.0 Å². The summed E-state index contributed by atoms with van der Waals surface area (Å²) in [6.07, 6.45) is 0. The molecule has 0 aliphatic rings. The quantitative estimate of drug-likeness (QED) is 0.712. The zero-order valence-corrected chi connectivity index (χ0v) is 7.28. The van der Waals surface area contributed by atoms with Crippen molar-refractivity contribution in [1.82, 2.24) is 0 Å². The molecule has 0 saturated heterocycles. The normalized spacial score (nSPS) is 9.33. The van der Waals surface area contributed by atoms with Crippen LogP contribution in [0.4, 0.5) is 0 Å². The molecular formula is C8H6NO6+. The molecule has 0 saturated carbocycles. The summed E-state index contributed by atoms with van der Waals surface area (Å²) in [5.41, 5.74) is -0.0515. The summed E-state index contributed by atoms with van der Waals surface area (Å²) in [5, 5.41) is 15.6. The van der Waals surface area contributed by atoms with Crippen LogP contribution < -0.4 is 0 Å². The Kier molecular flexibility index (Phi) is 2.97. The molecular weight excluding hydrogens is 206 g/mol. The molecule has 0 heterocycles. The summed E-state index contributed by atoms with van der Waals surface area (Å²) in [4.78, 5) is 35.1. The van der Waals surface area contributed by atoms with Crippen molar-refractivity contribution in [2.24, 2.45) is 0 Å². The van der Waals surface area contributed by atoms with Crippen molar-refractivity contribution in [3.8, 4) is 0 Å². The second-order valence-corrected chi connectivity index (χ2v) is 2.50. The van der Waals surface area contributed by atoms with E-state index in [1.54, 1.807) is 0 Å². The first kappa shape index (κ1) is 10.6. The Morgan fingerprint density at radius 3 is 2.00 bits per heavy atom. The number of nitrogens with zero attached hydrogens (tertiary/aromatic N) is 1. The Bertz CT molecular complexity index is 410. The van der Waals surface area contributed by atoms with Gasteiger partial charge in [0.2, 0.25) is 0 Å². The summed E-state index contributed by atoms with van der Waals surface area (Å²) in [7, 11) is 0. The van der Waals surface area contributed by atoms with Gasteiger partial charge < -0.3 is 5.11 Å². The Balaban J connectivity index is 2.84. The lowest BCUT2D eigenvalue weighted by molar-refractivity contribution is -0.956. The third kappa shape index (κ3) is 2.76. The largest absolute Gasteiger partial charge is 0.484 e. The molecule has 0 bridgehead atoms. The fourth-order valence-corrected chi connectivity index (χ4v) is 0.873. The van der Waals surface area contributed by atoms with E-state index in [0.717, 1.165) is 12.1 Å². The topological polar surface area (TPSA) is 104 Å². The molecule has 1 rings (SSSR count). The molecule has 2 N–H and O–H groups in total. The molecule has 1 aromatic rings. The zero-order chi connectivity index (χ0) is 11.4. The molecule has 0 aliphatic heterocycles. The number of hydrogen-bond acceptors (Lipinski definition) is 4. The van der Waals surface area contributed by atoms with Gasteiger partial charge in [0, 0.05) is 0 Å². The van der Waals surface area contributed by atoms with Crippen LogP contribution in [-0.2, 0) is 4.84 Å². The lowest BCUT2D eigenvalue weighted by atomic mass is 10.1. The van der Waals surface area contributed by atoms with Crippen molar-refractivity contribution < 1.29 is 29.8 Å². The van der Waals surface area contributed by atoms with Crippen LogP contribution in [0.25, 0.3) is 0 Å². The third-order valence-electron chi connectivity index (χ3n) is 1.53. The van der Waals surface area contributed by atoms with Gasteiger partial charge in [0.15, 0.2) is 0 Å². The Morgan fingerprint density at radius 1 is 1.13 bits per heavy atom. The van der Waals surface area contributed by atoms with E-state index in [-0.39, 0.29) is 11.1 Å². The molecule has 1 aromatic carbocycles. The fraction of sp³-hybridized carbons (Fsp3) is 0. The second-order valence-electron chi connectivity index (χ2n) is 2.50. The standard InChI is InChI=1S/C8H5NO6/c10-7(11)5-1-3-6(4-2-5)8(12)15-9(13)14/h1-4H,(H-,10,11,13,14)/p+1. The molecule has 15 heavy (non-hydrogen) atoms. The van der Waals surface area contributed by atoms with E-state index in [9.17, 15) is 14.5 Å². The van der Waals surface area contributed by atoms with Crippen molar-refractivity contribution in [3.63, 3.8) is 0 Å². The van der Waals surface area contributed by atoms with E-state index >= 15 is 0 Å². The lowest BCUT2D eigenvalue weighted by Gasteiger charge is -1.95. The van der Waals surface area contributed by atoms with Gasteiger partial charge >= 0.3 is 17.0 Å². The van der Waals surface area contributed by atoms with Gasteiger partial charge in [0.05, 0.1) is 11.1 Å². The summed E-state index contributed by atoms with van der Waals surface area (Å²) >= 11 is 0. The average molecular weight is 212 g/mol. The van der Waals surface area contributed by atoms with Crippen LogP contribution >= 0.6 is 0 Å². The van der Waals surface area contributed by atoms with Gasteiger partial charge in [-0.05, 0) is 24.3 Å². The van der Waals surface area contributed by atoms with Crippen molar-refractivity contribution in [3.05, 3.63) is 40.3 Å². The molecule has 0 unspecified atom stereocenters. The number of carboxylic acids is 1. The average Bonchev–Trinajstić information content (AvgIpc) is 2.17. The maximum atomic E-state index is 11.0. The molecule has 78 valence electrons. The minimum Gasteiger partial charge on any atom is -0.478 e. The molecule has 0 fully saturated rings. The maximum absolute atomic E-state index is 11.0. The predicted molar refractivity (Wildman–Crippen MR) is 44.2 cm³/mol. The minimum atomic E-state index is -1.14. The van der Waals surface area contributed by atoms with Gasteiger partial charge in [-0.3, -0.25) is 0 Å². The Morgan fingerprint density at radius 2 is 1.60 bits per heavy atom. The molecule has 0 atom stereocenters. The summed E-state index contributed by atoms with van der Waals surface area (Å²) < 4.78 is 0. The van der Waals surface area contributed by atoms with Gasteiger partial charge in [-0.25, -0.2) is 9.59 Å². The minimum absolute atomic E-state index is 0.00507. The van der Waals surface area contributed by atoms with Crippen LogP contribution in [0.15, 0.2) is 24.3 Å². The smallest absolute Gasteiger partial charge is 0.478 e. The molecule has 0 spiro atoms. The van der Waals surface area contributed by atoms with E-state index in [1.165, 1.54) is 12.1 Å². The molecule has 0 radical (unpaired) electrons. The first-order chi connectivity index (χ1) is 7.00. The highest BCUT2D eigenvalue weighted by Gasteiger charge is 2.18. The van der Waals surface area contributed by atoms with Gasteiger partial charge in [-0.2, -0.15) is 5.21 Å². The number of carboxylic acid groups (broad SMARTS) is 1. The zero-order valence-electron chi connectivity index (χ0n) is 7.28. The summed E-state index contributed by atoms with van der Waals surface area (Å²) in [6, 6.07) is 4.67. The SMILES string of the molecule is O=C(O)c1ccc(C(=O)O[N+](=O)O)cc1. The lowest BCUT2D eigenvalue weighted by Crippen LogP contribution is -2.12. The van der Waals surface area contributed by atoms with Crippen LogP contribution in [0.3, 0.4) is 0 Å². The number of carbonyl (C=O) groups is 2. The van der Waals surface area contributed by atoms with Crippen molar-refractivity contribution >= 4 is 11.9 Å². The van der Waals surface area contributed by atoms with Crippen LogP contribution in [-0.4, -0.2) is 27.3 Å². The highest BCUT2D eigenvalue weighted by molar-refractivity contribution is 5.92. The number of aromatic carboxylic acids is 1.